The highest BCUT2D eigenvalue weighted by atomic mass is 32.2. The predicted molar refractivity (Wildman–Crippen MR) is 118 cm³/mol. The first-order valence-electron chi connectivity index (χ1n) is 10.2. The van der Waals surface area contributed by atoms with Crippen LogP contribution in [0.2, 0.25) is 0 Å². The second-order valence-corrected chi connectivity index (χ2v) is 8.25. The Bertz CT molecular complexity index is 847. The van der Waals surface area contributed by atoms with Crippen molar-refractivity contribution in [1.82, 2.24) is 14.9 Å². The first-order chi connectivity index (χ1) is 14.1. The Labute approximate surface area is 177 Å². The van der Waals surface area contributed by atoms with Crippen LogP contribution in [0.1, 0.15) is 39.5 Å². The van der Waals surface area contributed by atoms with Crippen molar-refractivity contribution in [3.63, 3.8) is 0 Å². The van der Waals surface area contributed by atoms with Crippen LogP contribution in [0.5, 0.6) is 0 Å². The molecule has 0 bridgehead atoms. The van der Waals surface area contributed by atoms with Gasteiger partial charge in [-0.2, -0.15) is 0 Å². The van der Waals surface area contributed by atoms with E-state index in [2.05, 4.69) is 32.9 Å². The summed E-state index contributed by atoms with van der Waals surface area (Å²) in [6.07, 6.45) is 11.3. The first-order valence-corrected chi connectivity index (χ1v) is 11.2. The van der Waals surface area contributed by atoms with Crippen LogP contribution in [-0.4, -0.2) is 39.5 Å². The minimum absolute atomic E-state index is 0.0652. The van der Waals surface area contributed by atoms with Crippen LogP contribution in [0.15, 0.2) is 41.7 Å². The number of rotatable bonds is 9. The van der Waals surface area contributed by atoms with Gasteiger partial charge in [-0.05, 0) is 31.2 Å². The lowest BCUT2D eigenvalue weighted by molar-refractivity contribution is -0.119. The van der Waals surface area contributed by atoms with Gasteiger partial charge in [-0.25, -0.2) is 4.98 Å². The number of terminal acetylenes is 1. The van der Waals surface area contributed by atoms with Crippen LogP contribution in [-0.2, 0) is 16.1 Å². The van der Waals surface area contributed by atoms with Gasteiger partial charge in [-0.3, -0.25) is 4.79 Å². The van der Waals surface area contributed by atoms with E-state index < -0.39 is 5.54 Å². The van der Waals surface area contributed by atoms with E-state index in [1.807, 2.05) is 38.2 Å². The van der Waals surface area contributed by atoms with Gasteiger partial charge in [0, 0.05) is 6.61 Å². The Balaban J connectivity index is 1.75. The highest BCUT2D eigenvalue weighted by Gasteiger charge is 2.26. The third-order valence-corrected chi connectivity index (χ3v) is 6.48. The van der Waals surface area contributed by atoms with Crippen LogP contribution < -0.4 is 5.32 Å². The predicted octanol–water partition coefficient (Wildman–Crippen LogP) is 4.13. The van der Waals surface area contributed by atoms with Gasteiger partial charge in [0.15, 0.2) is 5.16 Å². The lowest BCUT2D eigenvalue weighted by atomic mass is 9.94. The number of aromatic nitrogens is 2. The number of ether oxygens (including phenoxy) is 1. The van der Waals surface area contributed by atoms with Crippen molar-refractivity contribution in [2.24, 2.45) is 0 Å². The maximum Gasteiger partial charge on any atom is 0.231 e. The smallest absolute Gasteiger partial charge is 0.231 e. The Morgan fingerprint density at radius 3 is 2.76 bits per heavy atom. The minimum Gasteiger partial charge on any atom is -0.376 e. The number of thioether (sulfide) groups is 1. The van der Waals surface area contributed by atoms with Crippen LogP contribution in [0.3, 0.4) is 0 Å². The lowest BCUT2D eigenvalue weighted by Gasteiger charge is -2.27. The van der Waals surface area contributed by atoms with Crippen molar-refractivity contribution < 1.29 is 9.53 Å². The quantitative estimate of drug-likeness (QED) is 0.498. The van der Waals surface area contributed by atoms with Crippen molar-refractivity contribution in [3.8, 4) is 23.6 Å². The summed E-state index contributed by atoms with van der Waals surface area (Å²) < 4.78 is 8.03. The van der Waals surface area contributed by atoms with Gasteiger partial charge in [0.2, 0.25) is 5.91 Å². The average Bonchev–Trinajstić information content (AvgIpc) is 3.42. The number of imidazole rings is 1. The standard InChI is InChI=1S/C23H29N3O2S/c1-4-23(5-2,6-3)25-21(27)17-29-22-24-15-20(18-11-8-7-9-12-18)26(22)16-19-13-10-14-28-19/h1,7-9,11-12,15,19H,5-6,10,13-14,16-17H2,2-3H3,(H,25,27). The monoisotopic (exact) mass is 411 g/mol. The highest BCUT2D eigenvalue weighted by molar-refractivity contribution is 7.99. The molecule has 1 aliphatic heterocycles. The number of amides is 1. The molecular formula is C23H29N3O2S. The molecule has 0 radical (unpaired) electrons. The molecular weight excluding hydrogens is 382 g/mol. The number of hydrogen-bond acceptors (Lipinski definition) is 4. The molecule has 1 unspecified atom stereocenters. The number of hydrogen-bond donors (Lipinski definition) is 1. The molecule has 154 valence electrons. The molecule has 1 aliphatic rings. The second-order valence-electron chi connectivity index (χ2n) is 7.31. The van der Waals surface area contributed by atoms with E-state index in [0.29, 0.717) is 12.8 Å². The van der Waals surface area contributed by atoms with E-state index in [-0.39, 0.29) is 17.8 Å². The van der Waals surface area contributed by atoms with Gasteiger partial charge in [0.25, 0.3) is 0 Å². The molecule has 1 aromatic carbocycles. The lowest BCUT2D eigenvalue weighted by Crippen LogP contribution is -2.47. The van der Waals surface area contributed by atoms with Gasteiger partial charge in [-0.15, -0.1) is 6.42 Å². The Hall–Kier alpha value is -2.23. The molecule has 2 heterocycles. The molecule has 1 aromatic heterocycles. The van der Waals surface area contributed by atoms with E-state index in [4.69, 9.17) is 11.2 Å². The molecule has 1 fully saturated rings. The third-order valence-electron chi connectivity index (χ3n) is 5.49. The zero-order valence-corrected chi connectivity index (χ0v) is 18.0. The minimum atomic E-state index is -0.569. The first kappa shape index (κ1) is 21.5. The summed E-state index contributed by atoms with van der Waals surface area (Å²) in [7, 11) is 0. The molecule has 0 saturated carbocycles. The van der Waals surface area contributed by atoms with E-state index in [0.717, 1.165) is 42.4 Å². The fourth-order valence-electron chi connectivity index (χ4n) is 3.58. The van der Waals surface area contributed by atoms with Gasteiger partial charge in [0.1, 0.15) is 5.54 Å². The summed E-state index contributed by atoms with van der Waals surface area (Å²) in [4.78, 5) is 17.2. The summed E-state index contributed by atoms with van der Waals surface area (Å²) in [6, 6.07) is 10.2. The zero-order chi connectivity index (χ0) is 20.7. The molecule has 29 heavy (non-hydrogen) atoms. The summed E-state index contributed by atoms with van der Waals surface area (Å²) in [6.45, 7) is 5.55. The average molecular weight is 412 g/mol. The summed E-state index contributed by atoms with van der Waals surface area (Å²) in [5.41, 5.74) is 1.58. The SMILES string of the molecule is C#CC(CC)(CC)NC(=O)CSc1ncc(-c2ccccc2)n1CC1CCCO1. The van der Waals surface area contributed by atoms with Crippen molar-refractivity contribution in [2.75, 3.05) is 12.4 Å². The largest absolute Gasteiger partial charge is 0.376 e. The summed E-state index contributed by atoms with van der Waals surface area (Å²) in [5.74, 6) is 2.96. The van der Waals surface area contributed by atoms with Gasteiger partial charge >= 0.3 is 0 Å². The van der Waals surface area contributed by atoms with Crippen LogP contribution in [0.25, 0.3) is 11.3 Å². The topological polar surface area (TPSA) is 56.2 Å². The van der Waals surface area contributed by atoms with Crippen LogP contribution in [0.4, 0.5) is 0 Å². The van der Waals surface area contributed by atoms with Crippen molar-refractivity contribution in [1.29, 1.82) is 0 Å². The zero-order valence-electron chi connectivity index (χ0n) is 17.2. The van der Waals surface area contributed by atoms with Crippen LogP contribution in [0, 0.1) is 12.3 Å². The molecule has 5 nitrogen and oxygen atoms in total. The Morgan fingerprint density at radius 2 is 2.14 bits per heavy atom. The van der Waals surface area contributed by atoms with E-state index in [9.17, 15) is 4.79 Å². The maximum atomic E-state index is 12.6. The molecule has 3 rings (SSSR count). The molecule has 2 aromatic rings. The normalized spacial score (nSPS) is 16.5. The molecule has 1 saturated heterocycles. The van der Waals surface area contributed by atoms with Crippen molar-refractivity contribution in [3.05, 3.63) is 36.5 Å². The number of carbonyl (C=O) groups is 1. The number of benzene rings is 1. The summed E-state index contributed by atoms with van der Waals surface area (Å²) in [5, 5.41) is 3.85. The van der Waals surface area contributed by atoms with Crippen LogP contribution >= 0.6 is 11.8 Å². The van der Waals surface area contributed by atoms with Crippen molar-refractivity contribution >= 4 is 17.7 Å². The summed E-state index contributed by atoms with van der Waals surface area (Å²) >= 11 is 1.44. The number of nitrogens with zero attached hydrogens (tertiary/aromatic N) is 2. The van der Waals surface area contributed by atoms with Gasteiger partial charge in [-0.1, -0.05) is 61.9 Å². The number of carbonyl (C=O) groups excluding carboxylic acids is 1. The molecule has 6 heteroatoms. The Morgan fingerprint density at radius 1 is 1.38 bits per heavy atom. The fourth-order valence-corrected chi connectivity index (χ4v) is 4.37. The van der Waals surface area contributed by atoms with E-state index in [1.54, 1.807) is 0 Å². The number of nitrogens with one attached hydrogen (secondary N) is 1. The van der Waals surface area contributed by atoms with E-state index in [1.165, 1.54) is 11.8 Å². The molecule has 1 atom stereocenters. The second kappa shape index (κ2) is 10.00. The molecule has 0 aliphatic carbocycles. The van der Waals surface area contributed by atoms with Gasteiger partial charge in [0.05, 0.1) is 30.3 Å². The van der Waals surface area contributed by atoms with E-state index >= 15 is 0 Å². The highest BCUT2D eigenvalue weighted by Crippen LogP contribution is 2.28. The maximum absolute atomic E-state index is 12.6. The molecule has 1 amide bonds. The Kier molecular flexibility index (Phi) is 7.40. The van der Waals surface area contributed by atoms with Crippen molar-refractivity contribution in [2.45, 2.75) is 62.9 Å². The fraction of sp³-hybridized carbons (Fsp3) is 0.478. The van der Waals surface area contributed by atoms with Gasteiger partial charge < -0.3 is 14.6 Å². The molecule has 0 spiro atoms. The third kappa shape index (κ3) is 5.23. The molecule has 1 N–H and O–H groups in total.